The van der Waals surface area contributed by atoms with Crippen molar-refractivity contribution in [2.75, 3.05) is 0 Å². The van der Waals surface area contributed by atoms with Crippen LogP contribution in [0.5, 0.6) is 34.5 Å². The van der Waals surface area contributed by atoms with E-state index in [1.807, 2.05) is 18.2 Å². The number of aromatic hydroxyl groups is 6. The van der Waals surface area contributed by atoms with Crippen LogP contribution in [0.2, 0.25) is 0 Å². The molecular weight excluding hydrogens is 456 g/mol. The third-order valence-electron chi connectivity index (χ3n) is 6.61. The van der Waals surface area contributed by atoms with Gasteiger partial charge in [0.1, 0.15) is 11.5 Å². The smallest absolute Gasteiger partial charge is 0.157 e. The number of phenolic OH excluding ortho intramolecular Hbond substituents is 6. The van der Waals surface area contributed by atoms with Crippen molar-refractivity contribution in [3.8, 4) is 34.5 Å². The van der Waals surface area contributed by atoms with Gasteiger partial charge in [0.2, 0.25) is 0 Å². The Kier molecular flexibility index (Phi) is 7.54. The lowest BCUT2D eigenvalue weighted by Crippen LogP contribution is -2.19. The highest BCUT2D eigenvalue weighted by Gasteiger charge is 2.25. The molecule has 6 N–H and O–H groups in total. The highest BCUT2D eigenvalue weighted by Crippen LogP contribution is 2.38. The van der Waals surface area contributed by atoms with Crippen molar-refractivity contribution in [3.05, 3.63) is 107 Å². The third kappa shape index (κ3) is 6.21. The van der Waals surface area contributed by atoms with Crippen molar-refractivity contribution >= 4 is 0 Å². The Morgan fingerprint density at radius 2 is 1.08 bits per heavy atom. The zero-order chi connectivity index (χ0) is 25.7. The summed E-state index contributed by atoms with van der Waals surface area (Å²) in [6, 6.07) is 23.8. The summed E-state index contributed by atoms with van der Waals surface area (Å²) in [5.74, 6) is -0.453. The molecule has 0 saturated carbocycles. The van der Waals surface area contributed by atoms with Gasteiger partial charge in [-0.3, -0.25) is 0 Å². The molecule has 0 aliphatic carbocycles. The minimum absolute atomic E-state index is 0.0223. The van der Waals surface area contributed by atoms with Gasteiger partial charge in [-0.05, 0) is 108 Å². The standard InChI is InChI=1S/C30H30O6/c31-24-5-1-3-19(14-24)7-10-23(13-20-8-11-27(33)29(35)16-20)26(22-4-2-6-25(32)18-22)15-21-9-12-28(34)30(36)17-21/h1-6,8-9,11-12,14,16-18,23,26,31-36H,7,10,13,15H2/t23-,26+/m0/s1. The summed E-state index contributed by atoms with van der Waals surface area (Å²) in [6.07, 6.45) is 2.54. The lowest BCUT2D eigenvalue weighted by molar-refractivity contribution is 0.380. The molecule has 4 aromatic rings. The van der Waals surface area contributed by atoms with Crippen LogP contribution in [-0.2, 0) is 19.3 Å². The fourth-order valence-corrected chi connectivity index (χ4v) is 4.77. The highest BCUT2D eigenvalue weighted by atomic mass is 16.3. The van der Waals surface area contributed by atoms with E-state index < -0.39 is 0 Å². The number of rotatable bonds is 9. The molecule has 0 spiro atoms. The summed E-state index contributed by atoms with van der Waals surface area (Å²) in [7, 11) is 0. The monoisotopic (exact) mass is 486 g/mol. The molecule has 4 rings (SSSR count). The quantitative estimate of drug-likeness (QED) is 0.168. The molecular formula is C30H30O6. The van der Waals surface area contributed by atoms with E-state index in [1.165, 1.54) is 12.1 Å². The van der Waals surface area contributed by atoms with Crippen molar-refractivity contribution < 1.29 is 30.6 Å². The summed E-state index contributed by atoms with van der Waals surface area (Å²) in [5, 5.41) is 59.8. The molecule has 186 valence electrons. The Labute approximate surface area is 210 Å². The number of aryl methyl sites for hydroxylation is 1. The van der Waals surface area contributed by atoms with Crippen LogP contribution in [0.4, 0.5) is 0 Å². The molecule has 2 atom stereocenters. The van der Waals surface area contributed by atoms with E-state index in [1.54, 1.807) is 54.6 Å². The average Bonchev–Trinajstić information content (AvgIpc) is 2.85. The molecule has 0 aliphatic rings. The number of hydrogen-bond donors (Lipinski definition) is 6. The van der Waals surface area contributed by atoms with E-state index in [4.69, 9.17) is 0 Å². The first-order valence-electron chi connectivity index (χ1n) is 11.9. The molecule has 0 aliphatic heterocycles. The molecule has 6 heteroatoms. The molecule has 0 saturated heterocycles. The van der Waals surface area contributed by atoms with Gasteiger partial charge in [-0.2, -0.15) is 0 Å². The van der Waals surface area contributed by atoms with Crippen molar-refractivity contribution in [1.29, 1.82) is 0 Å². The summed E-state index contributed by atoms with van der Waals surface area (Å²) in [5.41, 5.74) is 3.59. The normalized spacial score (nSPS) is 12.8. The maximum atomic E-state index is 10.2. The van der Waals surface area contributed by atoms with Gasteiger partial charge in [-0.1, -0.05) is 36.4 Å². The van der Waals surface area contributed by atoms with Crippen molar-refractivity contribution in [1.82, 2.24) is 0 Å². The topological polar surface area (TPSA) is 121 Å². The maximum Gasteiger partial charge on any atom is 0.157 e. The Hall–Kier alpha value is -4.32. The molecule has 0 aromatic heterocycles. The lowest BCUT2D eigenvalue weighted by Gasteiger charge is -2.29. The largest absolute Gasteiger partial charge is 0.508 e. The minimum Gasteiger partial charge on any atom is -0.508 e. The Balaban J connectivity index is 1.72. The average molecular weight is 487 g/mol. The van der Waals surface area contributed by atoms with E-state index in [-0.39, 0.29) is 46.3 Å². The molecule has 0 bridgehead atoms. The van der Waals surface area contributed by atoms with E-state index in [9.17, 15) is 30.6 Å². The second-order valence-corrected chi connectivity index (χ2v) is 9.22. The van der Waals surface area contributed by atoms with Gasteiger partial charge in [0.05, 0.1) is 0 Å². The summed E-state index contributed by atoms with van der Waals surface area (Å²) in [6.45, 7) is 0. The minimum atomic E-state index is -0.193. The van der Waals surface area contributed by atoms with Gasteiger partial charge >= 0.3 is 0 Å². The molecule has 0 radical (unpaired) electrons. The summed E-state index contributed by atoms with van der Waals surface area (Å²) >= 11 is 0. The third-order valence-corrected chi connectivity index (χ3v) is 6.61. The van der Waals surface area contributed by atoms with E-state index in [2.05, 4.69) is 0 Å². The van der Waals surface area contributed by atoms with E-state index >= 15 is 0 Å². The zero-order valence-corrected chi connectivity index (χ0v) is 19.7. The summed E-state index contributed by atoms with van der Waals surface area (Å²) < 4.78 is 0. The second kappa shape index (κ2) is 11.0. The van der Waals surface area contributed by atoms with Gasteiger partial charge < -0.3 is 30.6 Å². The zero-order valence-electron chi connectivity index (χ0n) is 19.7. The van der Waals surface area contributed by atoms with Gasteiger partial charge in [-0.15, -0.1) is 0 Å². The van der Waals surface area contributed by atoms with E-state index in [0.717, 1.165) is 28.7 Å². The molecule has 6 nitrogen and oxygen atoms in total. The molecule has 0 fully saturated rings. The molecule has 4 aromatic carbocycles. The fraction of sp³-hybridized carbons (Fsp3) is 0.200. The SMILES string of the molecule is Oc1cccc(CC[C@@H](Cc2ccc(O)c(O)c2)[C@H](Cc2ccc(O)c(O)c2)c2cccc(O)c2)c1. The Morgan fingerprint density at radius 3 is 1.67 bits per heavy atom. The fourth-order valence-electron chi connectivity index (χ4n) is 4.77. The van der Waals surface area contributed by atoms with Crippen molar-refractivity contribution in [3.63, 3.8) is 0 Å². The van der Waals surface area contributed by atoms with Crippen LogP contribution in [0.15, 0.2) is 84.9 Å². The van der Waals surface area contributed by atoms with Crippen LogP contribution < -0.4 is 0 Å². The van der Waals surface area contributed by atoms with E-state index in [0.29, 0.717) is 19.3 Å². The van der Waals surface area contributed by atoms with Crippen molar-refractivity contribution in [2.24, 2.45) is 5.92 Å². The molecule has 36 heavy (non-hydrogen) atoms. The van der Waals surface area contributed by atoms with Crippen molar-refractivity contribution in [2.45, 2.75) is 31.6 Å². The molecule has 0 heterocycles. The van der Waals surface area contributed by atoms with Gasteiger partial charge in [0, 0.05) is 0 Å². The van der Waals surface area contributed by atoms with Crippen LogP contribution in [-0.4, -0.2) is 30.6 Å². The number of benzene rings is 4. The number of hydrogen-bond acceptors (Lipinski definition) is 6. The molecule has 0 unspecified atom stereocenters. The van der Waals surface area contributed by atoms with Crippen LogP contribution in [0.3, 0.4) is 0 Å². The first-order chi connectivity index (χ1) is 17.3. The lowest BCUT2D eigenvalue weighted by atomic mass is 9.76. The van der Waals surface area contributed by atoms with Crippen LogP contribution >= 0.6 is 0 Å². The second-order valence-electron chi connectivity index (χ2n) is 9.22. The summed E-state index contributed by atoms with van der Waals surface area (Å²) in [4.78, 5) is 0. The predicted molar refractivity (Wildman–Crippen MR) is 138 cm³/mol. The van der Waals surface area contributed by atoms with Gasteiger partial charge in [-0.25, -0.2) is 0 Å². The predicted octanol–water partition coefficient (Wildman–Crippen LogP) is 5.74. The van der Waals surface area contributed by atoms with Gasteiger partial charge in [0.25, 0.3) is 0 Å². The molecule has 0 amide bonds. The Morgan fingerprint density at radius 1 is 0.500 bits per heavy atom. The van der Waals surface area contributed by atoms with Gasteiger partial charge in [0.15, 0.2) is 23.0 Å². The van der Waals surface area contributed by atoms with Crippen LogP contribution in [0, 0.1) is 5.92 Å². The first-order valence-corrected chi connectivity index (χ1v) is 11.9. The number of phenols is 6. The maximum absolute atomic E-state index is 10.2. The van der Waals surface area contributed by atoms with Crippen LogP contribution in [0.1, 0.15) is 34.6 Å². The first kappa shape index (κ1) is 24.8. The Bertz CT molecular complexity index is 1330. The highest BCUT2D eigenvalue weighted by molar-refractivity contribution is 5.43. The van der Waals surface area contributed by atoms with Crippen LogP contribution in [0.25, 0.3) is 0 Å².